The summed E-state index contributed by atoms with van der Waals surface area (Å²) >= 11 is 0. The Kier molecular flexibility index (Phi) is 6.34. The minimum Gasteiger partial charge on any atom is -0.455 e. The number of esters is 1. The van der Waals surface area contributed by atoms with E-state index in [9.17, 15) is 18.0 Å². The molecule has 0 fully saturated rings. The number of carbonyl (C=O) groups is 2. The third kappa shape index (κ3) is 5.38. The van der Waals surface area contributed by atoms with E-state index in [0.29, 0.717) is 5.69 Å². The van der Waals surface area contributed by atoms with E-state index < -0.39 is 35.1 Å². The summed E-state index contributed by atoms with van der Waals surface area (Å²) in [6.45, 7) is 5.50. The Morgan fingerprint density at radius 3 is 2.52 bits per heavy atom. The third-order valence-corrected chi connectivity index (χ3v) is 5.32. The lowest BCUT2D eigenvalue weighted by molar-refractivity contribution is -0.146. The van der Waals surface area contributed by atoms with E-state index in [1.807, 2.05) is 26.0 Å². The molecule has 1 amide bonds. The minimum absolute atomic E-state index is 0.112. The second kappa shape index (κ2) is 8.31. The van der Waals surface area contributed by atoms with Crippen LogP contribution in [-0.2, 0) is 24.3 Å². The van der Waals surface area contributed by atoms with E-state index in [4.69, 9.17) is 9.26 Å². The molecule has 2 aromatic rings. The fraction of sp³-hybridized carbons (Fsp3) is 0.353. The first kappa shape index (κ1) is 20.6. The molecule has 0 aliphatic rings. The number of nitrogens with one attached hydrogen (secondary N) is 2. The van der Waals surface area contributed by atoms with Crippen molar-refractivity contribution in [1.29, 1.82) is 0 Å². The van der Waals surface area contributed by atoms with Crippen LogP contribution in [0.1, 0.15) is 22.6 Å². The van der Waals surface area contributed by atoms with E-state index in [-0.39, 0.29) is 16.3 Å². The van der Waals surface area contributed by atoms with Crippen molar-refractivity contribution in [3.63, 3.8) is 0 Å². The zero-order valence-corrected chi connectivity index (χ0v) is 16.3. The number of carbonyl (C=O) groups excluding carboxylic acids is 2. The van der Waals surface area contributed by atoms with Crippen molar-refractivity contribution >= 4 is 27.6 Å². The lowest BCUT2D eigenvalue weighted by Crippen LogP contribution is -2.32. The van der Waals surface area contributed by atoms with Gasteiger partial charge in [0, 0.05) is 5.69 Å². The molecule has 0 atom stereocenters. The molecule has 146 valence electrons. The fourth-order valence-corrected chi connectivity index (χ4v) is 3.63. The van der Waals surface area contributed by atoms with Crippen LogP contribution >= 0.6 is 0 Å². The summed E-state index contributed by atoms with van der Waals surface area (Å²) in [6.07, 6.45) is 0. The monoisotopic (exact) mass is 395 g/mol. The van der Waals surface area contributed by atoms with Crippen molar-refractivity contribution in [1.82, 2.24) is 9.88 Å². The smallest absolute Gasteiger partial charge is 0.321 e. The van der Waals surface area contributed by atoms with Crippen molar-refractivity contribution in [3.05, 3.63) is 40.8 Å². The highest BCUT2D eigenvalue weighted by molar-refractivity contribution is 7.89. The molecule has 0 saturated heterocycles. The molecule has 0 radical (unpaired) electrons. The molecule has 9 nitrogen and oxygen atoms in total. The van der Waals surface area contributed by atoms with Gasteiger partial charge in [0.05, 0.1) is 0 Å². The molecule has 1 aromatic carbocycles. The lowest BCUT2D eigenvalue weighted by atomic mass is 10.1. The third-order valence-electron chi connectivity index (χ3n) is 3.67. The lowest BCUT2D eigenvalue weighted by Gasteiger charge is -2.10. The fourth-order valence-electron chi connectivity index (χ4n) is 2.34. The minimum atomic E-state index is -3.98. The molecule has 0 unspecified atom stereocenters. The van der Waals surface area contributed by atoms with Crippen LogP contribution < -0.4 is 10.0 Å². The Balaban J connectivity index is 1.86. The molecule has 0 aliphatic carbocycles. The molecule has 0 saturated carbocycles. The van der Waals surface area contributed by atoms with Crippen molar-refractivity contribution in [2.75, 3.05) is 18.5 Å². The Morgan fingerprint density at radius 1 is 1.19 bits per heavy atom. The summed E-state index contributed by atoms with van der Waals surface area (Å²) in [5, 5.41) is 6.20. The van der Waals surface area contributed by atoms with Gasteiger partial charge in [0.25, 0.3) is 5.91 Å². The Bertz CT molecular complexity index is 946. The van der Waals surface area contributed by atoms with E-state index in [1.165, 1.54) is 13.8 Å². The second-order valence-electron chi connectivity index (χ2n) is 6.01. The first-order valence-corrected chi connectivity index (χ1v) is 9.53. The number of hydrogen-bond acceptors (Lipinski definition) is 7. The predicted octanol–water partition coefficient (Wildman–Crippen LogP) is 1.37. The standard InChI is InChI=1S/C17H21N3O6S/c1-10-5-6-11(2)14(7-10)19-15(21)9-25-16(22)8-18-27(23,24)17-12(3)20-26-13(17)4/h5-7,18H,8-9H2,1-4H3,(H,19,21). The normalized spacial score (nSPS) is 11.3. The van der Waals surface area contributed by atoms with Gasteiger partial charge in [0.15, 0.2) is 12.4 Å². The topological polar surface area (TPSA) is 128 Å². The van der Waals surface area contributed by atoms with Crippen LogP contribution in [0.2, 0.25) is 0 Å². The van der Waals surface area contributed by atoms with Crippen LogP contribution in [-0.4, -0.2) is 38.6 Å². The van der Waals surface area contributed by atoms with E-state index in [1.54, 1.807) is 6.07 Å². The molecule has 2 rings (SSSR count). The van der Waals surface area contributed by atoms with Crippen LogP contribution in [0.4, 0.5) is 5.69 Å². The van der Waals surface area contributed by atoms with Gasteiger partial charge in [-0.1, -0.05) is 17.3 Å². The average Bonchev–Trinajstić information content (AvgIpc) is 2.94. The second-order valence-corrected chi connectivity index (χ2v) is 7.71. The number of anilines is 1. The van der Waals surface area contributed by atoms with Crippen molar-refractivity contribution in [2.24, 2.45) is 0 Å². The molecule has 2 N–H and O–H groups in total. The van der Waals surface area contributed by atoms with Crippen LogP contribution in [0.25, 0.3) is 0 Å². The molecule has 0 aliphatic heterocycles. The number of nitrogens with zero attached hydrogens (tertiary/aromatic N) is 1. The molecular formula is C17H21N3O6S. The number of rotatable bonds is 7. The largest absolute Gasteiger partial charge is 0.455 e. The number of hydrogen-bond donors (Lipinski definition) is 2. The first-order valence-electron chi connectivity index (χ1n) is 8.05. The molecule has 0 spiro atoms. The predicted molar refractivity (Wildman–Crippen MR) is 96.7 cm³/mol. The Hall–Kier alpha value is -2.72. The molecule has 10 heteroatoms. The van der Waals surface area contributed by atoms with Crippen LogP contribution in [0.15, 0.2) is 27.6 Å². The first-order chi connectivity index (χ1) is 12.6. The van der Waals surface area contributed by atoms with Gasteiger partial charge in [-0.2, -0.15) is 4.72 Å². The summed E-state index contributed by atoms with van der Waals surface area (Å²) in [6, 6.07) is 5.57. The number of benzene rings is 1. The highest BCUT2D eigenvalue weighted by atomic mass is 32.2. The summed E-state index contributed by atoms with van der Waals surface area (Å²) in [5.74, 6) is -1.30. The Labute approximate surface area is 157 Å². The quantitative estimate of drug-likeness (QED) is 0.678. The van der Waals surface area contributed by atoms with Crippen molar-refractivity contribution in [3.8, 4) is 0 Å². The number of aryl methyl sites for hydroxylation is 4. The number of ether oxygens (including phenoxy) is 1. The van der Waals surface area contributed by atoms with Gasteiger partial charge in [-0.25, -0.2) is 8.42 Å². The summed E-state index contributed by atoms with van der Waals surface area (Å²) in [7, 11) is -3.98. The van der Waals surface area contributed by atoms with Gasteiger partial charge < -0.3 is 14.6 Å². The SMILES string of the molecule is Cc1ccc(C)c(NC(=O)COC(=O)CNS(=O)(=O)c2c(C)noc2C)c1. The molecule has 0 bridgehead atoms. The van der Waals surface area contributed by atoms with Crippen LogP contribution in [0.3, 0.4) is 0 Å². The maximum Gasteiger partial charge on any atom is 0.321 e. The summed E-state index contributed by atoms with van der Waals surface area (Å²) < 4.78 is 36.1. The highest BCUT2D eigenvalue weighted by Crippen LogP contribution is 2.18. The molecule has 27 heavy (non-hydrogen) atoms. The van der Waals surface area contributed by atoms with Gasteiger partial charge in [-0.3, -0.25) is 9.59 Å². The highest BCUT2D eigenvalue weighted by Gasteiger charge is 2.25. The zero-order chi connectivity index (χ0) is 20.2. The summed E-state index contributed by atoms with van der Waals surface area (Å²) in [4.78, 5) is 23.5. The number of sulfonamides is 1. The van der Waals surface area contributed by atoms with Gasteiger partial charge in [0.1, 0.15) is 17.1 Å². The van der Waals surface area contributed by atoms with E-state index in [0.717, 1.165) is 11.1 Å². The summed E-state index contributed by atoms with van der Waals surface area (Å²) in [5.41, 5.74) is 2.64. The zero-order valence-electron chi connectivity index (χ0n) is 15.5. The Morgan fingerprint density at radius 2 is 1.89 bits per heavy atom. The maximum atomic E-state index is 12.2. The molecular weight excluding hydrogens is 374 g/mol. The van der Waals surface area contributed by atoms with Crippen molar-refractivity contribution in [2.45, 2.75) is 32.6 Å². The van der Waals surface area contributed by atoms with Gasteiger partial charge in [-0.15, -0.1) is 0 Å². The number of amides is 1. The number of aromatic nitrogens is 1. The molecule has 1 aromatic heterocycles. The molecule has 1 heterocycles. The maximum absolute atomic E-state index is 12.2. The van der Waals surface area contributed by atoms with Gasteiger partial charge >= 0.3 is 5.97 Å². The van der Waals surface area contributed by atoms with Gasteiger partial charge in [-0.05, 0) is 44.9 Å². The van der Waals surface area contributed by atoms with Gasteiger partial charge in [0.2, 0.25) is 10.0 Å². The van der Waals surface area contributed by atoms with Crippen molar-refractivity contribution < 1.29 is 27.3 Å². The average molecular weight is 395 g/mol. The van der Waals surface area contributed by atoms with E-state index >= 15 is 0 Å². The van der Waals surface area contributed by atoms with Crippen LogP contribution in [0, 0.1) is 27.7 Å². The van der Waals surface area contributed by atoms with E-state index in [2.05, 4.69) is 15.2 Å². The van der Waals surface area contributed by atoms with Crippen LogP contribution in [0.5, 0.6) is 0 Å².